The van der Waals surface area contributed by atoms with Gasteiger partial charge in [0.15, 0.2) is 0 Å². The van der Waals surface area contributed by atoms with Gasteiger partial charge in [-0.3, -0.25) is 0 Å². The van der Waals surface area contributed by atoms with Gasteiger partial charge in [0.05, 0.1) is 16.2 Å². The van der Waals surface area contributed by atoms with E-state index in [2.05, 4.69) is 25.6 Å². The van der Waals surface area contributed by atoms with Gasteiger partial charge >= 0.3 is 6.09 Å². The van der Waals surface area contributed by atoms with E-state index in [1.807, 2.05) is 37.3 Å². The monoisotopic (exact) mass is 453 g/mol. The lowest BCUT2D eigenvalue weighted by atomic mass is 9.85. The smallest absolute Gasteiger partial charge is 0.407 e. The molecule has 1 saturated carbocycles. The fourth-order valence-electron chi connectivity index (χ4n) is 3.67. The molecule has 1 amide bonds. The summed E-state index contributed by atoms with van der Waals surface area (Å²) in [5.74, 6) is 1.42. The van der Waals surface area contributed by atoms with Crippen LogP contribution in [0.25, 0.3) is 10.6 Å². The Bertz CT molecular complexity index is 1070. The maximum absolute atomic E-state index is 12.0. The zero-order valence-electron chi connectivity index (χ0n) is 18.0. The summed E-state index contributed by atoms with van der Waals surface area (Å²) in [7, 11) is 0. The quantitative estimate of drug-likeness (QED) is 0.481. The van der Waals surface area contributed by atoms with Gasteiger partial charge in [0.1, 0.15) is 23.3 Å². The van der Waals surface area contributed by atoms with Gasteiger partial charge in [0, 0.05) is 18.9 Å². The third-order valence-corrected chi connectivity index (χ3v) is 6.39. The number of carbonyl (C=O) groups is 1. The number of carbonyl (C=O) groups excluding carboxylic acids is 1. The topological polar surface area (TPSA) is 109 Å². The lowest BCUT2D eigenvalue weighted by molar-refractivity contribution is 0.00415. The molecule has 32 heavy (non-hydrogen) atoms. The molecule has 3 N–H and O–H groups in total. The van der Waals surface area contributed by atoms with E-state index in [1.54, 1.807) is 12.4 Å². The Labute approximate surface area is 191 Å². The first-order valence-corrected chi connectivity index (χ1v) is 11.6. The molecule has 0 aromatic carbocycles. The predicted octanol–water partition coefficient (Wildman–Crippen LogP) is 4.57. The van der Waals surface area contributed by atoms with Crippen molar-refractivity contribution in [2.45, 2.75) is 51.2 Å². The third kappa shape index (κ3) is 6.02. The third-order valence-electron chi connectivity index (χ3n) is 5.40. The van der Waals surface area contributed by atoms with Crippen LogP contribution in [0.5, 0.6) is 0 Å². The van der Waals surface area contributed by atoms with Crippen LogP contribution in [-0.4, -0.2) is 38.3 Å². The highest BCUT2D eigenvalue weighted by molar-refractivity contribution is 7.15. The van der Waals surface area contributed by atoms with Gasteiger partial charge in [-0.05, 0) is 49.6 Å². The second-order valence-corrected chi connectivity index (χ2v) is 9.20. The second kappa shape index (κ2) is 10.1. The molecule has 1 aliphatic carbocycles. The minimum absolute atomic E-state index is 0.0695. The lowest BCUT2D eigenvalue weighted by Gasteiger charge is -2.31. The maximum Gasteiger partial charge on any atom is 0.407 e. The number of aromatic nitrogens is 3. The molecule has 3 aromatic heterocycles. The summed E-state index contributed by atoms with van der Waals surface area (Å²) in [6.45, 7) is 2.30. The van der Waals surface area contributed by atoms with Crippen LogP contribution in [0.4, 0.5) is 16.4 Å². The lowest BCUT2D eigenvalue weighted by Crippen LogP contribution is -2.44. The molecule has 1 fully saturated rings. The van der Waals surface area contributed by atoms with Crippen molar-refractivity contribution in [1.82, 2.24) is 20.3 Å². The SMILES string of the molecule is Cc1ccnc(Nc2cccc(-c3cnc(COC(=O)NCC4(O)CCCCC4)s3)n2)c1. The summed E-state index contributed by atoms with van der Waals surface area (Å²) in [4.78, 5) is 26.2. The van der Waals surface area contributed by atoms with Gasteiger partial charge in [-0.15, -0.1) is 11.3 Å². The van der Waals surface area contributed by atoms with Gasteiger partial charge < -0.3 is 20.5 Å². The Balaban J connectivity index is 1.31. The molecular formula is C23H27N5O3S. The summed E-state index contributed by atoms with van der Waals surface area (Å²) in [6, 6.07) is 9.59. The van der Waals surface area contributed by atoms with E-state index in [1.165, 1.54) is 11.3 Å². The molecule has 0 atom stereocenters. The van der Waals surface area contributed by atoms with E-state index in [9.17, 15) is 9.90 Å². The molecule has 0 bridgehead atoms. The highest BCUT2D eigenvalue weighted by atomic mass is 32.1. The standard InChI is InChI=1S/C23H27N5O3S/c1-16-8-11-24-20(12-16)28-19-7-5-6-17(27-19)18-13-25-21(32-18)14-31-22(29)26-15-23(30)9-3-2-4-10-23/h5-8,11-13,30H,2-4,9-10,14-15H2,1H3,(H,26,29)(H,24,27,28). The minimum atomic E-state index is -0.815. The molecular weight excluding hydrogens is 426 g/mol. The first-order chi connectivity index (χ1) is 15.5. The van der Waals surface area contributed by atoms with Crippen molar-refractivity contribution in [2.75, 3.05) is 11.9 Å². The van der Waals surface area contributed by atoms with Crippen molar-refractivity contribution in [1.29, 1.82) is 0 Å². The largest absolute Gasteiger partial charge is 0.442 e. The van der Waals surface area contributed by atoms with Gasteiger partial charge in [0.25, 0.3) is 0 Å². The van der Waals surface area contributed by atoms with E-state index in [-0.39, 0.29) is 13.2 Å². The van der Waals surface area contributed by atoms with Gasteiger partial charge in [-0.25, -0.2) is 19.7 Å². The number of thiazole rings is 1. The van der Waals surface area contributed by atoms with E-state index in [0.29, 0.717) is 23.7 Å². The molecule has 3 aromatic rings. The van der Waals surface area contributed by atoms with Gasteiger partial charge in [-0.2, -0.15) is 0 Å². The number of nitrogens with one attached hydrogen (secondary N) is 2. The van der Waals surface area contributed by atoms with E-state index >= 15 is 0 Å². The first-order valence-electron chi connectivity index (χ1n) is 10.7. The Morgan fingerprint density at radius 3 is 2.84 bits per heavy atom. The van der Waals surface area contributed by atoms with Crippen molar-refractivity contribution in [3.05, 3.63) is 53.3 Å². The van der Waals surface area contributed by atoms with Crippen LogP contribution < -0.4 is 10.6 Å². The fraction of sp³-hybridized carbons (Fsp3) is 0.391. The zero-order chi connectivity index (χ0) is 22.4. The Kier molecular flexibility index (Phi) is 6.96. The molecule has 8 nitrogen and oxygen atoms in total. The van der Waals surface area contributed by atoms with Crippen LogP contribution in [0, 0.1) is 6.92 Å². The molecule has 0 unspecified atom stereocenters. The normalized spacial score (nSPS) is 15.2. The van der Waals surface area contributed by atoms with Crippen LogP contribution in [-0.2, 0) is 11.3 Å². The summed E-state index contributed by atoms with van der Waals surface area (Å²) < 4.78 is 5.27. The van der Waals surface area contributed by atoms with Crippen molar-refractivity contribution in [3.63, 3.8) is 0 Å². The molecule has 0 radical (unpaired) electrons. The number of hydrogen-bond donors (Lipinski definition) is 3. The maximum atomic E-state index is 12.0. The number of ether oxygens (including phenoxy) is 1. The van der Waals surface area contributed by atoms with Crippen LogP contribution in [0.2, 0.25) is 0 Å². The summed E-state index contributed by atoms with van der Waals surface area (Å²) in [5.41, 5.74) is 1.07. The van der Waals surface area contributed by atoms with Crippen LogP contribution in [0.15, 0.2) is 42.7 Å². The van der Waals surface area contributed by atoms with Crippen molar-refractivity contribution in [3.8, 4) is 10.6 Å². The number of aryl methyl sites for hydroxylation is 1. The molecule has 1 aliphatic rings. The van der Waals surface area contributed by atoms with Crippen molar-refractivity contribution < 1.29 is 14.6 Å². The van der Waals surface area contributed by atoms with Crippen molar-refractivity contribution in [2.24, 2.45) is 0 Å². The molecule has 168 valence electrons. The summed E-state index contributed by atoms with van der Waals surface area (Å²) >= 11 is 1.42. The number of alkyl carbamates (subject to hydrolysis) is 1. The second-order valence-electron chi connectivity index (χ2n) is 8.08. The predicted molar refractivity (Wildman–Crippen MR) is 124 cm³/mol. The molecule has 0 saturated heterocycles. The number of anilines is 2. The Hall–Kier alpha value is -3.04. The van der Waals surface area contributed by atoms with Gasteiger partial charge in [-0.1, -0.05) is 25.3 Å². The first kappa shape index (κ1) is 22.2. The number of hydrogen-bond acceptors (Lipinski definition) is 8. The number of nitrogens with zero attached hydrogens (tertiary/aromatic N) is 3. The number of aliphatic hydroxyl groups is 1. The van der Waals surface area contributed by atoms with Crippen LogP contribution in [0.1, 0.15) is 42.7 Å². The number of pyridine rings is 2. The highest BCUT2D eigenvalue weighted by Crippen LogP contribution is 2.28. The minimum Gasteiger partial charge on any atom is -0.442 e. The molecule has 9 heteroatoms. The molecule has 0 spiro atoms. The summed E-state index contributed by atoms with van der Waals surface area (Å²) in [6.07, 6.45) is 7.47. The number of amides is 1. The van der Waals surface area contributed by atoms with E-state index in [0.717, 1.165) is 41.2 Å². The van der Waals surface area contributed by atoms with Crippen molar-refractivity contribution >= 4 is 29.1 Å². The Morgan fingerprint density at radius 2 is 2.03 bits per heavy atom. The average molecular weight is 454 g/mol. The van der Waals surface area contributed by atoms with Crippen LogP contribution >= 0.6 is 11.3 Å². The summed E-state index contributed by atoms with van der Waals surface area (Å²) in [5, 5.41) is 17.0. The van der Waals surface area contributed by atoms with E-state index in [4.69, 9.17) is 4.74 Å². The van der Waals surface area contributed by atoms with Gasteiger partial charge in [0.2, 0.25) is 0 Å². The highest BCUT2D eigenvalue weighted by Gasteiger charge is 2.29. The number of rotatable bonds is 7. The molecule has 0 aliphatic heterocycles. The Morgan fingerprint density at radius 1 is 1.19 bits per heavy atom. The zero-order valence-corrected chi connectivity index (χ0v) is 18.8. The average Bonchev–Trinajstić information content (AvgIpc) is 3.26. The van der Waals surface area contributed by atoms with Crippen LogP contribution in [0.3, 0.4) is 0 Å². The van der Waals surface area contributed by atoms with E-state index < -0.39 is 11.7 Å². The molecule has 4 rings (SSSR count). The fourth-order valence-corrected chi connectivity index (χ4v) is 4.48. The molecule has 3 heterocycles.